The highest BCUT2D eigenvalue weighted by molar-refractivity contribution is 8.00. The summed E-state index contributed by atoms with van der Waals surface area (Å²) in [6, 6.07) is 7.88. The van der Waals surface area contributed by atoms with Gasteiger partial charge in [0.1, 0.15) is 5.37 Å². The van der Waals surface area contributed by atoms with Crippen molar-refractivity contribution in [3.05, 3.63) is 34.9 Å². The van der Waals surface area contributed by atoms with Gasteiger partial charge in [-0.05, 0) is 43.6 Å². The summed E-state index contributed by atoms with van der Waals surface area (Å²) in [5.74, 6) is 0.852. The molecule has 0 N–H and O–H groups in total. The van der Waals surface area contributed by atoms with Crippen LogP contribution in [-0.4, -0.2) is 47.6 Å². The van der Waals surface area contributed by atoms with E-state index in [1.807, 2.05) is 29.2 Å². The standard InChI is InChI=1S/C16H21ClN2OS/c17-14-6-4-13(5-7-14)16-19(15(20)12-21-16)11-10-18-8-2-1-3-9-18/h4-7,16H,1-3,8-12H2/t16-/m1/s1. The number of piperidine rings is 1. The molecule has 1 amide bonds. The van der Waals surface area contributed by atoms with Crippen LogP contribution in [0.3, 0.4) is 0 Å². The Labute approximate surface area is 135 Å². The summed E-state index contributed by atoms with van der Waals surface area (Å²) in [6.07, 6.45) is 3.94. The van der Waals surface area contributed by atoms with Crippen molar-refractivity contribution in [2.45, 2.75) is 24.6 Å². The quantitative estimate of drug-likeness (QED) is 0.848. The van der Waals surface area contributed by atoms with Crippen molar-refractivity contribution in [1.29, 1.82) is 0 Å². The first kappa shape index (κ1) is 15.2. The van der Waals surface area contributed by atoms with E-state index in [1.54, 1.807) is 11.8 Å². The third-order valence-electron chi connectivity index (χ3n) is 4.23. The predicted molar refractivity (Wildman–Crippen MR) is 88.7 cm³/mol. The summed E-state index contributed by atoms with van der Waals surface area (Å²) in [5.41, 5.74) is 1.17. The lowest BCUT2D eigenvalue weighted by Crippen LogP contribution is -2.39. The number of hydrogen-bond donors (Lipinski definition) is 0. The lowest BCUT2D eigenvalue weighted by molar-refractivity contribution is -0.128. The average molecular weight is 325 g/mol. The second kappa shape index (κ2) is 7.03. The number of amides is 1. The van der Waals surface area contributed by atoms with E-state index in [0.717, 1.165) is 18.1 Å². The van der Waals surface area contributed by atoms with Crippen LogP contribution in [0.25, 0.3) is 0 Å². The van der Waals surface area contributed by atoms with E-state index in [4.69, 9.17) is 11.6 Å². The van der Waals surface area contributed by atoms with Crippen molar-refractivity contribution < 1.29 is 4.79 Å². The van der Waals surface area contributed by atoms with Gasteiger partial charge >= 0.3 is 0 Å². The average Bonchev–Trinajstić information content (AvgIpc) is 2.88. The molecule has 0 aliphatic carbocycles. The van der Waals surface area contributed by atoms with Crippen LogP contribution < -0.4 is 0 Å². The fourth-order valence-electron chi connectivity index (χ4n) is 3.03. The van der Waals surface area contributed by atoms with Crippen LogP contribution >= 0.6 is 23.4 Å². The molecule has 1 aromatic carbocycles. The van der Waals surface area contributed by atoms with E-state index in [1.165, 1.54) is 37.9 Å². The summed E-state index contributed by atoms with van der Waals surface area (Å²) in [5, 5.41) is 0.896. The Hall–Kier alpha value is -0.710. The van der Waals surface area contributed by atoms with E-state index < -0.39 is 0 Å². The Balaban J connectivity index is 1.63. The number of nitrogens with zero attached hydrogens (tertiary/aromatic N) is 2. The molecular weight excluding hydrogens is 304 g/mol. The number of likely N-dealkylation sites (tertiary alicyclic amines) is 1. The molecule has 5 heteroatoms. The topological polar surface area (TPSA) is 23.6 Å². The minimum absolute atomic E-state index is 0.152. The minimum atomic E-state index is 0.152. The maximum atomic E-state index is 12.2. The molecule has 114 valence electrons. The largest absolute Gasteiger partial charge is 0.325 e. The molecule has 2 heterocycles. The van der Waals surface area contributed by atoms with E-state index in [2.05, 4.69) is 4.90 Å². The van der Waals surface area contributed by atoms with Crippen molar-refractivity contribution >= 4 is 29.3 Å². The van der Waals surface area contributed by atoms with Gasteiger partial charge in [0.2, 0.25) is 5.91 Å². The Morgan fingerprint density at radius 1 is 1.10 bits per heavy atom. The first-order valence-electron chi connectivity index (χ1n) is 7.63. The first-order chi connectivity index (χ1) is 10.2. The van der Waals surface area contributed by atoms with Crippen LogP contribution in [0.4, 0.5) is 0 Å². The maximum absolute atomic E-state index is 12.2. The molecule has 3 rings (SSSR count). The second-order valence-corrected chi connectivity index (χ2v) is 7.21. The zero-order chi connectivity index (χ0) is 14.7. The van der Waals surface area contributed by atoms with Crippen molar-refractivity contribution in [2.24, 2.45) is 0 Å². The van der Waals surface area contributed by atoms with E-state index >= 15 is 0 Å². The normalized spacial score (nSPS) is 23.8. The summed E-state index contributed by atoms with van der Waals surface area (Å²) >= 11 is 7.67. The smallest absolute Gasteiger partial charge is 0.233 e. The van der Waals surface area contributed by atoms with Gasteiger partial charge < -0.3 is 9.80 Å². The zero-order valence-corrected chi connectivity index (χ0v) is 13.7. The lowest BCUT2D eigenvalue weighted by Gasteiger charge is -2.30. The van der Waals surface area contributed by atoms with Crippen molar-refractivity contribution in [3.8, 4) is 0 Å². The van der Waals surface area contributed by atoms with Gasteiger partial charge in [-0.15, -0.1) is 11.8 Å². The Morgan fingerprint density at radius 2 is 1.81 bits per heavy atom. The van der Waals surface area contributed by atoms with Crippen LogP contribution in [0.15, 0.2) is 24.3 Å². The molecule has 2 aliphatic heterocycles. The number of halogens is 1. The van der Waals surface area contributed by atoms with E-state index in [9.17, 15) is 4.79 Å². The second-order valence-electron chi connectivity index (χ2n) is 5.70. The fourth-order valence-corrected chi connectivity index (χ4v) is 4.38. The maximum Gasteiger partial charge on any atom is 0.233 e. The number of benzene rings is 1. The molecule has 0 saturated carbocycles. The number of thioether (sulfide) groups is 1. The highest BCUT2D eigenvalue weighted by atomic mass is 35.5. The van der Waals surface area contributed by atoms with Gasteiger partial charge in [-0.2, -0.15) is 0 Å². The molecule has 1 atom stereocenters. The van der Waals surface area contributed by atoms with Crippen molar-refractivity contribution in [1.82, 2.24) is 9.80 Å². The van der Waals surface area contributed by atoms with Crippen LogP contribution in [0.5, 0.6) is 0 Å². The predicted octanol–water partition coefficient (Wildman–Crippen LogP) is 3.40. The SMILES string of the molecule is O=C1CS[C@H](c2ccc(Cl)cc2)N1CCN1CCCCC1. The van der Waals surface area contributed by atoms with Crippen LogP contribution in [0.1, 0.15) is 30.2 Å². The minimum Gasteiger partial charge on any atom is -0.325 e. The van der Waals surface area contributed by atoms with Gasteiger partial charge in [0.15, 0.2) is 0 Å². The molecule has 2 fully saturated rings. The molecule has 0 radical (unpaired) electrons. The Bertz CT molecular complexity index is 488. The molecule has 0 spiro atoms. The number of carbonyl (C=O) groups is 1. The molecule has 1 aromatic rings. The molecular formula is C16H21ClN2OS. The molecule has 0 aromatic heterocycles. The first-order valence-corrected chi connectivity index (χ1v) is 9.05. The van der Waals surface area contributed by atoms with Gasteiger partial charge in [-0.25, -0.2) is 0 Å². The van der Waals surface area contributed by atoms with Crippen LogP contribution in [0.2, 0.25) is 5.02 Å². The molecule has 2 saturated heterocycles. The summed E-state index contributed by atoms with van der Waals surface area (Å²) < 4.78 is 0. The summed E-state index contributed by atoms with van der Waals surface area (Å²) in [4.78, 5) is 16.7. The van der Waals surface area contributed by atoms with Gasteiger partial charge in [0.05, 0.1) is 5.75 Å². The highest BCUT2D eigenvalue weighted by Crippen LogP contribution is 2.38. The number of rotatable bonds is 4. The van der Waals surface area contributed by atoms with E-state index in [-0.39, 0.29) is 11.3 Å². The number of hydrogen-bond acceptors (Lipinski definition) is 3. The van der Waals surface area contributed by atoms with E-state index in [0.29, 0.717) is 5.75 Å². The monoisotopic (exact) mass is 324 g/mol. The number of carbonyl (C=O) groups excluding carboxylic acids is 1. The molecule has 3 nitrogen and oxygen atoms in total. The molecule has 0 unspecified atom stereocenters. The Kier molecular flexibility index (Phi) is 5.09. The molecule has 2 aliphatic rings. The third kappa shape index (κ3) is 3.74. The van der Waals surface area contributed by atoms with Gasteiger partial charge in [-0.1, -0.05) is 30.2 Å². The van der Waals surface area contributed by atoms with Crippen LogP contribution in [0, 0.1) is 0 Å². The summed E-state index contributed by atoms with van der Waals surface area (Å²) in [6.45, 7) is 4.19. The molecule has 21 heavy (non-hydrogen) atoms. The Morgan fingerprint density at radius 3 is 2.52 bits per heavy atom. The van der Waals surface area contributed by atoms with Gasteiger partial charge in [-0.3, -0.25) is 4.79 Å². The molecule has 0 bridgehead atoms. The van der Waals surface area contributed by atoms with Crippen molar-refractivity contribution in [3.63, 3.8) is 0 Å². The third-order valence-corrected chi connectivity index (χ3v) is 5.74. The lowest BCUT2D eigenvalue weighted by atomic mass is 10.1. The highest BCUT2D eigenvalue weighted by Gasteiger charge is 2.32. The van der Waals surface area contributed by atoms with Gasteiger partial charge in [0.25, 0.3) is 0 Å². The van der Waals surface area contributed by atoms with Crippen LogP contribution in [-0.2, 0) is 4.79 Å². The summed E-state index contributed by atoms with van der Waals surface area (Å²) in [7, 11) is 0. The zero-order valence-electron chi connectivity index (χ0n) is 12.1. The fraction of sp³-hybridized carbons (Fsp3) is 0.562. The van der Waals surface area contributed by atoms with Crippen molar-refractivity contribution in [2.75, 3.05) is 31.9 Å². The van der Waals surface area contributed by atoms with Gasteiger partial charge in [0, 0.05) is 18.1 Å².